The van der Waals surface area contributed by atoms with Crippen molar-refractivity contribution in [1.82, 2.24) is 0 Å². The molecule has 4 aromatic rings. The molecule has 0 radical (unpaired) electrons. The van der Waals surface area contributed by atoms with E-state index in [0.717, 1.165) is 22.2 Å². The van der Waals surface area contributed by atoms with E-state index in [1.54, 1.807) is 54.6 Å². The van der Waals surface area contributed by atoms with Crippen LogP contribution in [-0.4, -0.2) is 24.8 Å². The van der Waals surface area contributed by atoms with Crippen LogP contribution in [0.3, 0.4) is 0 Å². The Bertz CT molecular complexity index is 1640. The van der Waals surface area contributed by atoms with Gasteiger partial charge in [-0.25, -0.2) is 9.29 Å². The summed E-state index contributed by atoms with van der Waals surface area (Å²) in [4.78, 5) is 41.7. The highest BCUT2D eigenvalue weighted by Gasteiger charge is 2.40. The zero-order valence-corrected chi connectivity index (χ0v) is 22.4. The first kappa shape index (κ1) is 26.7. The molecule has 1 aliphatic rings. The van der Waals surface area contributed by atoms with Crippen molar-refractivity contribution in [1.29, 1.82) is 0 Å². The summed E-state index contributed by atoms with van der Waals surface area (Å²) in [6, 6.07) is 26.4. The maximum Gasteiger partial charge on any atom is 0.283 e. The monoisotopic (exact) mass is 553 g/mol. The fourth-order valence-electron chi connectivity index (χ4n) is 4.14. The van der Waals surface area contributed by atoms with Gasteiger partial charge in [-0.05, 0) is 79.2 Å². The van der Waals surface area contributed by atoms with Crippen LogP contribution in [0.2, 0.25) is 0 Å². The van der Waals surface area contributed by atoms with Crippen LogP contribution in [-0.2, 0) is 9.59 Å². The van der Waals surface area contributed by atoms with Crippen molar-refractivity contribution < 1.29 is 23.5 Å². The first-order valence-corrected chi connectivity index (χ1v) is 13.1. The quantitative estimate of drug-likeness (QED) is 0.246. The number of amides is 3. The molecule has 0 atom stereocenters. The van der Waals surface area contributed by atoms with Gasteiger partial charge in [0.2, 0.25) is 0 Å². The number of rotatable bonds is 8. The lowest BCUT2D eigenvalue weighted by Gasteiger charge is -2.16. The molecule has 4 aromatic carbocycles. The average molecular weight is 554 g/mol. The van der Waals surface area contributed by atoms with Gasteiger partial charge in [-0.15, -0.1) is 0 Å². The number of hydrogen-bond acceptors (Lipinski definition) is 6. The van der Waals surface area contributed by atoms with Crippen molar-refractivity contribution in [2.45, 2.75) is 11.8 Å². The lowest BCUT2D eigenvalue weighted by Crippen LogP contribution is -2.32. The summed E-state index contributed by atoms with van der Waals surface area (Å²) in [7, 11) is 1.52. The van der Waals surface area contributed by atoms with Crippen molar-refractivity contribution in [2.75, 3.05) is 22.6 Å². The number of nitrogens with zero attached hydrogens (tertiary/aromatic N) is 1. The Kier molecular flexibility index (Phi) is 7.65. The maximum absolute atomic E-state index is 13.7. The van der Waals surface area contributed by atoms with E-state index >= 15 is 0 Å². The Hall–Kier alpha value is -4.89. The summed E-state index contributed by atoms with van der Waals surface area (Å²) in [5.41, 5.74) is 2.77. The van der Waals surface area contributed by atoms with E-state index in [1.165, 1.54) is 31.4 Å². The average Bonchev–Trinajstić information content (AvgIpc) is 3.18. The van der Waals surface area contributed by atoms with Crippen molar-refractivity contribution in [3.8, 4) is 5.75 Å². The second-order valence-corrected chi connectivity index (χ2v) is 9.99. The molecule has 7 nitrogen and oxygen atoms in total. The van der Waals surface area contributed by atoms with Gasteiger partial charge in [0.1, 0.15) is 22.2 Å². The van der Waals surface area contributed by atoms with Crippen molar-refractivity contribution in [2.24, 2.45) is 0 Å². The molecule has 1 aliphatic heterocycles. The number of methoxy groups -OCH3 is 1. The molecule has 0 bridgehead atoms. The Morgan fingerprint density at radius 1 is 0.875 bits per heavy atom. The minimum Gasteiger partial charge on any atom is -0.495 e. The van der Waals surface area contributed by atoms with Gasteiger partial charge in [0, 0.05) is 16.1 Å². The van der Waals surface area contributed by atoms with E-state index in [-0.39, 0.29) is 22.2 Å². The number of carbonyl (C=O) groups excluding carboxylic acids is 3. The third kappa shape index (κ3) is 5.60. The van der Waals surface area contributed by atoms with Gasteiger partial charge in [-0.1, -0.05) is 42.1 Å². The second kappa shape index (κ2) is 11.5. The van der Waals surface area contributed by atoms with Crippen LogP contribution >= 0.6 is 11.8 Å². The van der Waals surface area contributed by atoms with E-state index < -0.39 is 17.6 Å². The second-order valence-electron chi connectivity index (χ2n) is 8.91. The number of benzene rings is 4. The zero-order valence-electron chi connectivity index (χ0n) is 21.6. The summed E-state index contributed by atoms with van der Waals surface area (Å²) in [6.45, 7) is 1.90. The highest BCUT2D eigenvalue weighted by molar-refractivity contribution is 8.04. The van der Waals surface area contributed by atoms with Crippen LogP contribution in [0.15, 0.2) is 113 Å². The van der Waals surface area contributed by atoms with Gasteiger partial charge in [0.25, 0.3) is 17.7 Å². The topological polar surface area (TPSA) is 87.7 Å². The van der Waals surface area contributed by atoms with E-state index in [9.17, 15) is 18.8 Å². The Morgan fingerprint density at radius 3 is 2.35 bits per heavy atom. The minimum absolute atomic E-state index is 0.0574. The molecule has 0 unspecified atom stereocenters. The number of anilines is 3. The molecule has 2 N–H and O–H groups in total. The fourth-order valence-corrected chi connectivity index (χ4v) is 5.13. The number of aryl methyl sites for hydroxylation is 1. The summed E-state index contributed by atoms with van der Waals surface area (Å²) < 4.78 is 19.1. The van der Waals surface area contributed by atoms with Crippen LogP contribution in [0, 0.1) is 12.7 Å². The molecule has 5 rings (SSSR count). The zero-order chi connectivity index (χ0) is 28.2. The lowest BCUT2D eigenvalue weighted by molar-refractivity contribution is -0.120. The minimum atomic E-state index is -0.587. The lowest BCUT2D eigenvalue weighted by atomic mass is 10.2. The number of hydrogen-bond donors (Lipinski definition) is 2. The van der Waals surface area contributed by atoms with Gasteiger partial charge in [0.15, 0.2) is 0 Å². The van der Waals surface area contributed by atoms with Gasteiger partial charge >= 0.3 is 0 Å². The van der Waals surface area contributed by atoms with Gasteiger partial charge in [-0.3, -0.25) is 14.4 Å². The summed E-state index contributed by atoms with van der Waals surface area (Å²) in [5.74, 6) is -1.41. The molecule has 0 aromatic heterocycles. The standard InChI is InChI=1S/C31H24FN3O4S/c1-19-11-16-26(39-2)25(17-19)34-27-28(31(38)35(30(27)37)23-14-12-21(32)13-15-23)40-24-10-6-9-22(18-24)33-29(36)20-7-4-3-5-8-20/h3-18,34H,1-2H3,(H,33,36). The predicted molar refractivity (Wildman–Crippen MR) is 154 cm³/mol. The molecule has 0 spiro atoms. The molecular weight excluding hydrogens is 529 g/mol. The molecule has 9 heteroatoms. The molecule has 0 aliphatic carbocycles. The largest absolute Gasteiger partial charge is 0.495 e. The Labute approximate surface area is 234 Å². The van der Waals surface area contributed by atoms with Crippen LogP contribution in [0.4, 0.5) is 21.5 Å². The summed E-state index contributed by atoms with van der Waals surface area (Å²) in [6.07, 6.45) is 0. The molecule has 200 valence electrons. The first-order valence-electron chi connectivity index (χ1n) is 12.3. The van der Waals surface area contributed by atoms with Gasteiger partial charge < -0.3 is 15.4 Å². The van der Waals surface area contributed by atoms with Crippen LogP contribution in [0.5, 0.6) is 5.75 Å². The fraction of sp³-hybridized carbons (Fsp3) is 0.0645. The normalized spacial score (nSPS) is 13.0. The van der Waals surface area contributed by atoms with Crippen LogP contribution in [0.25, 0.3) is 0 Å². The summed E-state index contributed by atoms with van der Waals surface area (Å²) >= 11 is 1.09. The molecule has 1 heterocycles. The molecule has 0 saturated carbocycles. The number of thioether (sulfide) groups is 1. The third-order valence-electron chi connectivity index (χ3n) is 6.09. The molecular formula is C31H24FN3O4S. The van der Waals surface area contributed by atoms with Crippen LogP contribution in [0.1, 0.15) is 15.9 Å². The first-order chi connectivity index (χ1) is 19.3. The molecule has 40 heavy (non-hydrogen) atoms. The Morgan fingerprint density at radius 2 is 1.62 bits per heavy atom. The number of nitrogens with one attached hydrogen (secondary N) is 2. The van der Waals surface area contributed by atoms with E-state index in [0.29, 0.717) is 27.6 Å². The number of ether oxygens (including phenoxy) is 1. The maximum atomic E-state index is 13.7. The number of halogens is 1. The van der Waals surface area contributed by atoms with E-state index in [2.05, 4.69) is 10.6 Å². The molecule has 0 saturated heterocycles. The van der Waals surface area contributed by atoms with Crippen molar-refractivity contribution in [3.63, 3.8) is 0 Å². The van der Waals surface area contributed by atoms with Crippen molar-refractivity contribution >= 4 is 46.5 Å². The highest BCUT2D eigenvalue weighted by Crippen LogP contribution is 2.39. The van der Waals surface area contributed by atoms with Crippen LogP contribution < -0.4 is 20.3 Å². The SMILES string of the molecule is COc1ccc(C)cc1NC1=C(Sc2cccc(NC(=O)c3ccccc3)c2)C(=O)N(c2ccc(F)cc2)C1=O. The molecule has 0 fully saturated rings. The van der Waals surface area contributed by atoms with E-state index in [4.69, 9.17) is 4.74 Å². The third-order valence-corrected chi connectivity index (χ3v) is 7.16. The smallest absolute Gasteiger partial charge is 0.283 e. The van der Waals surface area contributed by atoms with Gasteiger partial charge in [0.05, 0.1) is 18.5 Å². The highest BCUT2D eigenvalue weighted by atomic mass is 32.2. The number of carbonyl (C=O) groups is 3. The van der Waals surface area contributed by atoms with Gasteiger partial charge in [-0.2, -0.15) is 0 Å². The van der Waals surface area contributed by atoms with Crippen molar-refractivity contribution in [3.05, 3.63) is 125 Å². The predicted octanol–water partition coefficient (Wildman–Crippen LogP) is 6.38. The number of imide groups is 1. The Balaban J connectivity index is 1.49. The van der Waals surface area contributed by atoms with E-state index in [1.807, 2.05) is 25.1 Å². The molecule has 3 amide bonds. The summed E-state index contributed by atoms with van der Waals surface area (Å²) in [5, 5.41) is 5.97.